The predicted molar refractivity (Wildman–Crippen MR) is 128 cm³/mol. The van der Waals surface area contributed by atoms with Crippen LogP contribution in [0.25, 0.3) is 0 Å². The van der Waals surface area contributed by atoms with Crippen LogP contribution in [0.5, 0.6) is 11.5 Å². The standard InChI is InChI=1S/C26H25N3O5/c1-16(30)27-19-6-2-17(3-7-19)15-29(26(34)23-13-12-22(31)14-24(23)32)21-10-4-18(5-11-21)25(33)28-20-8-9-20/h2-7,10-14,20,31-32H,8-9,15H2,1H3,(H,27,30)(H,28,33). The second-order valence-electron chi connectivity index (χ2n) is 8.27. The molecule has 1 aliphatic rings. The number of anilines is 2. The Hall–Kier alpha value is -4.33. The summed E-state index contributed by atoms with van der Waals surface area (Å²) in [5.41, 5.74) is 2.48. The molecule has 8 nitrogen and oxygen atoms in total. The Morgan fingerprint density at radius 2 is 1.62 bits per heavy atom. The fourth-order valence-corrected chi connectivity index (χ4v) is 3.50. The van der Waals surface area contributed by atoms with Gasteiger partial charge in [-0.15, -0.1) is 0 Å². The fraction of sp³-hybridized carbons (Fsp3) is 0.192. The predicted octanol–water partition coefficient (Wildman–Crippen LogP) is 3.80. The first-order valence-electron chi connectivity index (χ1n) is 10.9. The van der Waals surface area contributed by atoms with Crippen molar-refractivity contribution in [3.8, 4) is 11.5 Å². The van der Waals surface area contributed by atoms with Gasteiger partial charge >= 0.3 is 0 Å². The highest BCUT2D eigenvalue weighted by Crippen LogP contribution is 2.28. The maximum absolute atomic E-state index is 13.4. The van der Waals surface area contributed by atoms with E-state index < -0.39 is 5.91 Å². The van der Waals surface area contributed by atoms with Crippen LogP contribution in [-0.4, -0.2) is 34.0 Å². The van der Waals surface area contributed by atoms with Crippen LogP contribution < -0.4 is 15.5 Å². The van der Waals surface area contributed by atoms with Gasteiger partial charge in [0.1, 0.15) is 11.5 Å². The molecular weight excluding hydrogens is 434 g/mol. The number of carbonyl (C=O) groups is 3. The maximum atomic E-state index is 13.4. The van der Waals surface area contributed by atoms with E-state index in [-0.39, 0.29) is 41.5 Å². The molecule has 0 aliphatic heterocycles. The van der Waals surface area contributed by atoms with E-state index in [1.54, 1.807) is 48.5 Å². The van der Waals surface area contributed by atoms with Crippen molar-refractivity contribution in [2.24, 2.45) is 0 Å². The van der Waals surface area contributed by atoms with E-state index in [1.165, 1.54) is 24.0 Å². The van der Waals surface area contributed by atoms with Crippen LogP contribution in [-0.2, 0) is 11.3 Å². The molecule has 8 heteroatoms. The number of hydrogen-bond donors (Lipinski definition) is 4. The molecule has 0 heterocycles. The largest absolute Gasteiger partial charge is 0.508 e. The molecule has 0 bridgehead atoms. The quantitative estimate of drug-likeness (QED) is 0.429. The van der Waals surface area contributed by atoms with Crippen molar-refractivity contribution < 1.29 is 24.6 Å². The number of nitrogens with one attached hydrogen (secondary N) is 2. The summed E-state index contributed by atoms with van der Waals surface area (Å²) in [5.74, 6) is -1.30. The molecule has 0 radical (unpaired) electrons. The number of benzene rings is 3. The van der Waals surface area contributed by atoms with Crippen molar-refractivity contribution in [2.45, 2.75) is 32.4 Å². The lowest BCUT2D eigenvalue weighted by Crippen LogP contribution is -2.30. The maximum Gasteiger partial charge on any atom is 0.262 e. The van der Waals surface area contributed by atoms with E-state index in [0.717, 1.165) is 24.5 Å². The van der Waals surface area contributed by atoms with Crippen molar-refractivity contribution >= 4 is 29.1 Å². The molecule has 3 aromatic rings. The zero-order chi connectivity index (χ0) is 24.2. The molecule has 0 unspecified atom stereocenters. The van der Waals surface area contributed by atoms with Gasteiger partial charge in [0.15, 0.2) is 0 Å². The van der Waals surface area contributed by atoms with Crippen molar-refractivity contribution in [3.05, 3.63) is 83.4 Å². The summed E-state index contributed by atoms with van der Waals surface area (Å²) in [6.45, 7) is 1.60. The van der Waals surface area contributed by atoms with Crippen LogP contribution in [0.4, 0.5) is 11.4 Å². The van der Waals surface area contributed by atoms with Crippen molar-refractivity contribution in [1.82, 2.24) is 5.32 Å². The van der Waals surface area contributed by atoms with Crippen molar-refractivity contribution in [3.63, 3.8) is 0 Å². The summed E-state index contributed by atoms with van der Waals surface area (Å²) in [4.78, 5) is 38.5. The van der Waals surface area contributed by atoms with Gasteiger partial charge in [0, 0.05) is 36.0 Å². The number of hydrogen-bond acceptors (Lipinski definition) is 5. The lowest BCUT2D eigenvalue weighted by Gasteiger charge is -2.24. The fourth-order valence-electron chi connectivity index (χ4n) is 3.50. The molecule has 3 amide bonds. The SMILES string of the molecule is CC(=O)Nc1ccc(CN(C(=O)c2ccc(O)cc2O)c2ccc(C(=O)NC3CC3)cc2)cc1. The van der Waals surface area contributed by atoms with E-state index in [0.29, 0.717) is 16.9 Å². The van der Waals surface area contributed by atoms with Crippen LogP contribution in [0.1, 0.15) is 46.0 Å². The van der Waals surface area contributed by atoms with E-state index in [4.69, 9.17) is 0 Å². The first-order valence-corrected chi connectivity index (χ1v) is 10.9. The molecule has 4 N–H and O–H groups in total. The van der Waals surface area contributed by atoms with Gasteiger partial charge in [-0.25, -0.2) is 0 Å². The molecule has 1 aliphatic carbocycles. The van der Waals surface area contributed by atoms with Crippen molar-refractivity contribution in [2.75, 3.05) is 10.2 Å². The molecular formula is C26H25N3O5. The average molecular weight is 460 g/mol. The summed E-state index contributed by atoms with van der Waals surface area (Å²) in [5, 5.41) is 25.5. The van der Waals surface area contributed by atoms with Gasteiger partial charge in [-0.05, 0) is 66.9 Å². The van der Waals surface area contributed by atoms with E-state index in [2.05, 4.69) is 10.6 Å². The molecule has 4 rings (SSSR count). The summed E-state index contributed by atoms with van der Waals surface area (Å²) in [6.07, 6.45) is 1.98. The summed E-state index contributed by atoms with van der Waals surface area (Å²) < 4.78 is 0. The Balaban J connectivity index is 1.62. The zero-order valence-electron chi connectivity index (χ0n) is 18.6. The van der Waals surface area contributed by atoms with Crippen LogP contribution in [0.2, 0.25) is 0 Å². The Morgan fingerprint density at radius 1 is 0.941 bits per heavy atom. The highest BCUT2D eigenvalue weighted by atomic mass is 16.3. The van der Waals surface area contributed by atoms with E-state index in [1.807, 2.05) is 0 Å². The van der Waals surface area contributed by atoms with Gasteiger partial charge < -0.3 is 25.7 Å². The second-order valence-corrected chi connectivity index (χ2v) is 8.27. The van der Waals surface area contributed by atoms with E-state index >= 15 is 0 Å². The Bertz CT molecular complexity index is 1220. The van der Waals surface area contributed by atoms with E-state index in [9.17, 15) is 24.6 Å². The molecule has 3 aromatic carbocycles. The Kier molecular flexibility index (Phi) is 6.49. The van der Waals surface area contributed by atoms with Crippen LogP contribution in [0.15, 0.2) is 66.7 Å². The average Bonchev–Trinajstić information content (AvgIpc) is 3.62. The molecule has 0 atom stereocenters. The minimum atomic E-state index is -0.474. The van der Waals surface area contributed by atoms with Gasteiger partial charge in [0.2, 0.25) is 5.91 Å². The van der Waals surface area contributed by atoms with Crippen molar-refractivity contribution in [1.29, 1.82) is 0 Å². The third-order valence-electron chi connectivity index (χ3n) is 5.43. The van der Waals surface area contributed by atoms with Gasteiger partial charge in [0.05, 0.1) is 12.1 Å². The molecule has 0 saturated heterocycles. The normalized spacial score (nSPS) is 12.6. The van der Waals surface area contributed by atoms with Crippen LogP contribution >= 0.6 is 0 Å². The third-order valence-corrected chi connectivity index (χ3v) is 5.43. The van der Waals surface area contributed by atoms with Crippen LogP contribution in [0.3, 0.4) is 0 Å². The smallest absolute Gasteiger partial charge is 0.262 e. The number of carbonyl (C=O) groups excluding carboxylic acids is 3. The summed E-state index contributed by atoms with van der Waals surface area (Å²) in [7, 11) is 0. The first-order chi connectivity index (χ1) is 16.3. The van der Waals surface area contributed by atoms with Gasteiger partial charge in [-0.1, -0.05) is 12.1 Å². The third kappa shape index (κ3) is 5.53. The lowest BCUT2D eigenvalue weighted by atomic mass is 10.1. The number of phenolic OH excluding ortho intramolecular Hbond substituents is 2. The molecule has 174 valence electrons. The highest BCUT2D eigenvalue weighted by molar-refractivity contribution is 6.08. The molecule has 34 heavy (non-hydrogen) atoms. The number of aromatic hydroxyl groups is 2. The highest BCUT2D eigenvalue weighted by Gasteiger charge is 2.25. The number of phenols is 2. The summed E-state index contributed by atoms with van der Waals surface area (Å²) in [6, 6.07) is 17.8. The number of nitrogens with zero attached hydrogens (tertiary/aromatic N) is 1. The molecule has 1 fully saturated rings. The van der Waals surface area contributed by atoms with Gasteiger partial charge in [-0.3, -0.25) is 14.4 Å². The minimum absolute atomic E-state index is 0.0308. The number of rotatable bonds is 7. The van der Waals surface area contributed by atoms with Gasteiger partial charge in [0.25, 0.3) is 11.8 Å². The van der Waals surface area contributed by atoms with Gasteiger partial charge in [-0.2, -0.15) is 0 Å². The molecule has 0 aromatic heterocycles. The first kappa shape index (κ1) is 22.8. The monoisotopic (exact) mass is 459 g/mol. The second kappa shape index (κ2) is 9.66. The Morgan fingerprint density at radius 3 is 2.21 bits per heavy atom. The lowest BCUT2D eigenvalue weighted by molar-refractivity contribution is -0.114. The Labute approximate surface area is 196 Å². The summed E-state index contributed by atoms with van der Waals surface area (Å²) >= 11 is 0. The zero-order valence-corrected chi connectivity index (χ0v) is 18.6. The molecule has 0 spiro atoms. The number of amides is 3. The topological polar surface area (TPSA) is 119 Å². The minimum Gasteiger partial charge on any atom is -0.508 e. The molecule has 1 saturated carbocycles. The van der Waals surface area contributed by atoms with Crippen LogP contribution in [0, 0.1) is 0 Å².